The van der Waals surface area contributed by atoms with E-state index in [2.05, 4.69) is 14.7 Å². The summed E-state index contributed by atoms with van der Waals surface area (Å²) in [6.07, 6.45) is -3.93. The van der Waals surface area contributed by atoms with Crippen molar-refractivity contribution in [2.45, 2.75) is 13.1 Å². The lowest BCUT2D eigenvalue weighted by atomic mass is 10.4. The molecule has 0 unspecified atom stereocenters. The fourth-order valence-corrected chi connectivity index (χ4v) is 2.91. The minimum atomic E-state index is -4.66. The van der Waals surface area contributed by atoms with Crippen LogP contribution in [0.3, 0.4) is 0 Å². The number of esters is 1. The van der Waals surface area contributed by atoms with E-state index >= 15 is 0 Å². The number of pyridine rings is 2. The Morgan fingerprint density at radius 2 is 1.93 bits per heavy atom. The number of alkyl halides is 3. The van der Waals surface area contributed by atoms with E-state index < -0.39 is 36.2 Å². The predicted octanol–water partition coefficient (Wildman–Crippen LogP) is 5.09. The molecule has 7 nitrogen and oxygen atoms in total. The maximum atomic E-state index is 13.4. The Hall–Kier alpha value is -2.79. The van der Waals surface area contributed by atoms with Crippen LogP contribution in [0.2, 0.25) is 10.3 Å². The molecule has 0 saturated heterocycles. The van der Waals surface area contributed by atoms with Gasteiger partial charge in [0.25, 0.3) is 5.88 Å². The summed E-state index contributed by atoms with van der Waals surface area (Å²) in [5, 5.41) is -0.340. The average Bonchev–Trinajstić information content (AvgIpc) is 3.01. The summed E-state index contributed by atoms with van der Waals surface area (Å²) in [6, 6.07) is 3.38. The predicted molar refractivity (Wildman–Crippen MR) is 97.0 cm³/mol. The first kappa shape index (κ1) is 21.9. The molecule has 0 fully saturated rings. The molecule has 13 heteroatoms. The fourth-order valence-electron chi connectivity index (χ4n) is 2.30. The highest BCUT2D eigenvalue weighted by molar-refractivity contribution is 6.35. The molecular formula is C17H11Cl2F4N3O4. The van der Waals surface area contributed by atoms with E-state index in [1.165, 1.54) is 12.1 Å². The number of imidazole rings is 1. The highest BCUT2D eigenvalue weighted by Crippen LogP contribution is 2.36. The van der Waals surface area contributed by atoms with Gasteiger partial charge in [-0.1, -0.05) is 23.2 Å². The summed E-state index contributed by atoms with van der Waals surface area (Å²) in [6.45, 7) is 0.0221. The average molecular weight is 468 g/mol. The van der Waals surface area contributed by atoms with Crippen molar-refractivity contribution in [2.75, 3.05) is 13.2 Å². The molecule has 0 radical (unpaired) electrons. The normalized spacial score (nSPS) is 11.6. The molecule has 3 aromatic rings. The lowest BCUT2D eigenvalue weighted by molar-refractivity contribution is -0.153. The monoisotopic (exact) mass is 467 g/mol. The van der Waals surface area contributed by atoms with E-state index in [0.717, 1.165) is 10.6 Å². The molecule has 0 aromatic carbocycles. The zero-order valence-electron chi connectivity index (χ0n) is 15.0. The molecular weight excluding hydrogens is 457 g/mol. The van der Waals surface area contributed by atoms with Gasteiger partial charge in [-0.05, 0) is 19.1 Å². The molecule has 3 heterocycles. The first-order valence-electron chi connectivity index (χ1n) is 8.17. The quantitative estimate of drug-likeness (QED) is 0.285. The van der Waals surface area contributed by atoms with Gasteiger partial charge in [0.15, 0.2) is 29.0 Å². The minimum absolute atomic E-state index is 0.0993. The molecule has 0 atom stereocenters. The van der Waals surface area contributed by atoms with Crippen molar-refractivity contribution in [1.29, 1.82) is 0 Å². The number of ether oxygens (including phenoxy) is 3. The van der Waals surface area contributed by atoms with E-state index in [9.17, 15) is 22.4 Å². The smallest absolute Gasteiger partial charge is 0.422 e. The Morgan fingerprint density at radius 1 is 1.20 bits per heavy atom. The molecule has 3 rings (SSSR count). The Kier molecular flexibility index (Phi) is 6.22. The fraction of sp³-hybridized carbons (Fsp3) is 0.235. The zero-order chi connectivity index (χ0) is 22.1. The van der Waals surface area contributed by atoms with Crippen LogP contribution in [0.1, 0.15) is 17.4 Å². The Balaban J connectivity index is 1.98. The van der Waals surface area contributed by atoms with Gasteiger partial charge in [0.1, 0.15) is 16.6 Å². The molecule has 0 aliphatic rings. The van der Waals surface area contributed by atoms with Gasteiger partial charge in [0.05, 0.1) is 12.8 Å². The van der Waals surface area contributed by atoms with E-state index in [4.69, 9.17) is 32.7 Å². The van der Waals surface area contributed by atoms with Crippen LogP contribution in [-0.2, 0) is 4.74 Å². The van der Waals surface area contributed by atoms with Crippen molar-refractivity contribution < 1.29 is 36.6 Å². The number of aromatic nitrogens is 3. The van der Waals surface area contributed by atoms with Crippen LogP contribution in [0.5, 0.6) is 17.4 Å². The maximum Gasteiger partial charge on any atom is 0.422 e. The summed E-state index contributed by atoms with van der Waals surface area (Å²) < 4.78 is 66.7. The molecule has 0 aliphatic carbocycles. The second-order valence-corrected chi connectivity index (χ2v) is 6.33. The Labute approximate surface area is 176 Å². The lowest BCUT2D eigenvalue weighted by Gasteiger charge is -2.14. The van der Waals surface area contributed by atoms with Gasteiger partial charge in [-0.3, -0.25) is 4.40 Å². The topological polar surface area (TPSA) is 75.0 Å². The zero-order valence-corrected chi connectivity index (χ0v) is 16.5. The molecule has 30 heavy (non-hydrogen) atoms. The molecule has 160 valence electrons. The molecule has 3 aromatic heterocycles. The first-order chi connectivity index (χ1) is 14.1. The third-order valence-electron chi connectivity index (χ3n) is 3.48. The van der Waals surface area contributed by atoms with Crippen LogP contribution in [0.25, 0.3) is 5.65 Å². The second kappa shape index (κ2) is 8.52. The molecule has 0 aliphatic heterocycles. The van der Waals surface area contributed by atoms with Gasteiger partial charge in [0.2, 0.25) is 0 Å². The van der Waals surface area contributed by atoms with Crippen molar-refractivity contribution in [3.63, 3.8) is 0 Å². The molecule has 0 spiro atoms. The summed E-state index contributed by atoms with van der Waals surface area (Å²) in [4.78, 5) is 19.6. The number of carbonyl (C=O) groups is 1. The summed E-state index contributed by atoms with van der Waals surface area (Å²) in [5.74, 6) is -2.88. The van der Waals surface area contributed by atoms with E-state index in [-0.39, 0.29) is 34.0 Å². The van der Waals surface area contributed by atoms with Crippen LogP contribution < -0.4 is 9.47 Å². The number of hydrogen-bond acceptors (Lipinski definition) is 6. The number of nitrogens with zero attached hydrogens (tertiary/aromatic N) is 3. The molecule has 0 saturated carbocycles. The van der Waals surface area contributed by atoms with Gasteiger partial charge in [-0.15, -0.1) is 0 Å². The maximum absolute atomic E-state index is 13.4. The standard InChI is InChI=1S/C17H11Cl2F4N3O4/c1-2-28-16(27)12-14(19)26-11(25-12)4-3-9(13(26)18)30-15-10(5-8(20)6-24-15)29-7-17(21,22)23/h3-6H,2,7H2,1H3. The largest absolute Gasteiger partial charge is 0.478 e. The number of hydrogen-bond donors (Lipinski definition) is 0. The van der Waals surface area contributed by atoms with Gasteiger partial charge < -0.3 is 14.2 Å². The lowest BCUT2D eigenvalue weighted by Crippen LogP contribution is -2.19. The third-order valence-corrected chi connectivity index (χ3v) is 4.19. The number of halogens is 6. The molecule has 0 bridgehead atoms. The van der Waals surface area contributed by atoms with Gasteiger partial charge >= 0.3 is 12.1 Å². The number of fused-ring (bicyclic) bond motifs is 1. The van der Waals surface area contributed by atoms with E-state index in [1.54, 1.807) is 6.92 Å². The SMILES string of the molecule is CCOC(=O)c1nc2ccc(Oc3ncc(F)cc3OCC(F)(F)F)c(Cl)n2c1Cl. The summed E-state index contributed by atoms with van der Waals surface area (Å²) in [5.41, 5.74) is -0.00677. The molecule has 0 amide bonds. The van der Waals surface area contributed by atoms with Crippen molar-refractivity contribution in [1.82, 2.24) is 14.4 Å². The van der Waals surface area contributed by atoms with Gasteiger partial charge in [-0.25, -0.2) is 19.2 Å². The van der Waals surface area contributed by atoms with Crippen LogP contribution in [0.15, 0.2) is 24.4 Å². The highest BCUT2D eigenvalue weighted by Gasteiger charge is 2.29. The van der Waals surface area contributed by atoms with Crippen molar-refractivity contribution in [2.24, 2.45) is 0 Å². The van der Waals surface area contributed by atoms with E-state index in [1.807, 2.05) is 0 Å². The van der Waals surface area contributed by atoms with Crippen LogP contribution in [0.4, 0.5) is 17.6 Å². The van der Waals surface area contributed by atoms with Crippen LogP contribution in [-0.4, -0.2) is 39.7 Å². The first-order valence-corrected chi connectivity index (χ1v) is 8.93. The van der Waals surface area contributed by atoms with Crippen LogP contribution >= 0.6 is 23.2 Å². The molecule has 0 N–H and O–H groups in total. The van der Waals surface area contributed by atoms with Crippen molar-refractivity contribution in [3.8, 4) is 17.4 Å². The second-order valence-electron chi connectivity index (χ2n) is 5.62. The van der Waals surface area contributed by atoms with Crippen LogP contribution in [0, 0.1) is 5.82 Å². The minimum Gasteiger partial charge on any atom is -0.478 e. The van der Waals surface area contributed by atoms with Crippen molar-refractivity contribution in [3.05, 3.63) is 46.2 Å². The van der Waals surface area contributed by atoms with Gasteiger partial charge in [-0.2, -0.15) is 13.2 Å². The summed E-state index contributed by atoms with van der Waals surface area (Å²) >= 11 is 12.4. The highest BCUT2D eigenvalue weighted by atomic mass is 35.5. The number of rotatable bonds is 6. The third kappa shape index (κ3) is 4.68. The Morgan fingerprint density at radius 3 is 2.60 bits per heavy atom. The Bertz CT molecular complexity index is 1100. The van der Waals surface area contributed by atoms with Gasteiger partial charge in [0, 0.05) is 6.07 Å². The number of carbonyl (C=O) groups excluding carboxylic acids is 1. The van der Waals surface area contributed by atoms with Crippen molar-refractivity contribution >= 4 is 34.8 Å². The summed E-state index contributed by atoms with van der Waals surface area (Å²) in [7, 11) is 0. The van der Waals surface area contributed by atoms with E-state index in [0.29, 0.717) is 6.07 Å².